The van der Waals surface area contributed by atoms with Gasteiger partial charge in [-0.1, -0.05) is 31.5 Å². The first kappa shape index (κ1) is 14.0. The molecule has 1 aromatic rings. The first-order valence-corrected chi connectivity index (χ1v) is 7.62. The van der Waals surface area contributed by atoms with Crippen molar-refractivity contribution in [2.45, 2.75) is 32.6 Å². The van der Waals surface area contributed by atoms with Crippen molar-refractivity contribution in [1.29, 1.82) is 0 Å². The molecule has 2 rings (SSSR count). The van der Waals surface area contributed by atoms with Crippen molar-refractivity contribution in [3.8, 4) is 0 Å². The molecule has 0 bridgehead atoms. The standard InChI is InChI=1S/C15H21Cl2N/c1-11(2)13-5-7-18(8-6-13)15-4-3-12(10-16)9-14(15)17/h3-4,9,11,13H,5-8,10H2,1-2H3. The number of hydrogen-bond acceptors (Lipinski definition) is 1. The Morgan fingerprint density at radius 1 is 1.28 bits per heavy atom. The molecule has 0 saturated carbocycles. The Balaban J connectivity index is 2.05. The van der Waals surface area contributed by atoms with Gasteiger partial charge in [-0.15, -0.1) is 11.6 Å². The van der Waals surface area contributed by atoms with Gasteiger partial charge in [0.15, 0.2) is 0 Å². The minimum Gasteiger partial charge on any atom is -0.370 e. The van der Waals surface area contributed by atoms with Crippen LogP contribution >= 0.6 is 23.2 Å². The summed E-state index contributed by atoms with van der Waals surface area (Å²) in [5.41, 5.74) is 2.25. The van der Waals surface area contributed by atoms with Gasteiger partial charge in [-0.2, -0.15) is 0 Å². The molecule has 1 saturated heterocycles. The molecule has 0 N–H and O–H groups in total. The van der Waals surface area contributed by atoms with E-state index in [1.807, 2.05) is 6.07 Å². The minimum absolute atomic E-state index is 0.523. The third kappa shape index (κ3) is 3.13. The van der Waals surface area contributed by atoms with E-state index >= 15 is 0 Å². The summed E-state index contributed by atoms with van der Waals surface area (Å²) in [5, 5.41) is 0.830. The molecule has 0 amide bonds. The van der Waals surface area contributed by atoms with Gasteiger partial charge in [0.1, 0.15) is 0 Å². The topological polar surface area (TPSA) is 3.24 Å². The van der Waals surface area contributed by atoms with Gasteiger partial charge in [0, 0.05) is 19.0 Å². The second-order valence-electron chi connectivity index (χ2n) is 5.49. The average Bonchev–Trinajstić information content (AvgIpc) is 2.38. The van der Waals surface area contributed by atoms with Crippen molar-refractivity contribution in [2.24, 2.45) is 11.8 Å². The summed E-state index contributed by atoms with van der Waals surface area (Å²) < 4.78 is 0. The van der Waals surface area contributed by atoms with E-state index in [-0.39, 0.29) is 0 Å². The molecule has 0 aromatic heterocycles. The van der Waals surface area contributed by atoms with Crippen LogP contribution in [-0.2, 0) is 5.88 Å². The first-order valence-electron chi connectivity index (χ1n) is 6.71. The Hall–Kier alpha value is -0.400. The van der Waals surface area contributed by atoms with Crippen LogP contribution in [0, 0.1) is 11.8 Å². The smallest absolute Gasteiger partial charge is 0.0642 e. The lowest BCUT2D eigenvalue weighted by atomic mass is 9.86. The Morgan fingerprint density at radius 3 is 2.44 bits per heavy atom. The lowest BCUT2D eigenvalue weighted by molar-refractivity contribution is 0.311. The Labute approximate surface area is 120 Å². The maximum absolute atomic E-state index is 6.34. The molecule has 1 aliphatic heterocycles. The third-order valence-corrected chi connectivity index (χ3v) is 4.60. The third-order valence-electron chi connectivity index (χ3n) is 3.99. The average molecular weight is 286 g/mol. The lowest BCUT2D eigenvalue weighted by Gasteiger charge is -2.35. The van der Waals surface area contributed by atoms with Crippen molar-refractivity contribution in [3.05, 3.63) is 28.8 Å². The van der Waals surface area contributed by atoms with Gasteiger partial charge in [0.25, 0.3) is 0 Å². The van der Waals surface area contributed by atoms with Crippen molar-refractivity contribution < 1.29 is 0 Å². The monoisotopic (exact) mass is 285 g/mol. The molecule has 0 spiro atoms. The van der Waals surface area contributed by atoms with Gasteiger partial charge >= 0.3 is 0 Å². The number of rotatable bonds is 3. The number of piperidine rings is 1. The lowest BCUT2D eigenvalue weighted by Crippen LogP contribution is -2.35. The van der Waals surface area contributed by atoms with E-state index in [9.17, 15) is 0 Å². The number of hydrogen-bond donors (Lipinski definition) is 0. The van der Waals surface area contributed by atoms with Gasteiger partial charge in [-0.3, -0.25) is 0 Å². The van der Waals surface area contributed by atoms with Crippen LogP contribution in [0.2, 0.25) is 5.02 Å². The van der Waals surface area contributed by atoms with E-state index in [0.717, 1.165) is 41.2 Å². The van der Waals surface area contributed by atoms with Crippen molar-refractivity contribution in [1.82, 2.24) is 0 Å². The molecule has 0 aliphatic carbocycles. The maximum Gasteiger partial charge on any atom is 0.0642 e. The minimum atomic E-state index is 0.523. The van der Waals surface area contributed by atoms with Crippen LogP contribution in [0.5, 0.6) is 0 Å². The summed E-state index contributed by atoms with van der Waals surface area (Å²) in [5.74, 6) is 2.18. The van der Waals surface area contributed by atoms with Crippen LogP contribution in [-0.4, -0.2) is 13.1 Å². The fourth-order valence-corrected chi connectivity index (χ4v) is 3.19. The second-order valence-corrected chi connectivity index (χ2v) is 6.16. The van der Waals surface area contributed by atoms with E-state index in [1.54, 1.807) is 0 Å². The zero-order chi connectivity index (χ0) is 13.1. The fraction of sp³-hybridized carbons (Fsp3) is 0.600. The quantitative estimate of drug-likeness (QED) is 0.710. The van der Waals surface area contributed by atoms with Crippen LogP contribution in [0.15, 0.2) is 18.2 Å². The summed E-state index contributed by atoms with van der Waals surface area (Å²) in [7, 11) is 0. The summed E-state index contributed by atoms with van der Waals surface area (Å²) in [6, 6.07) is 6.16. The second kappa shape index (κ2) is 6.16. The molecule has 3 heteroatoms. The highest BCUT2D eigenvalue weighted by molar-refractivity contribution is 6.33. The zero-order valence-electron chi connectivity index (χ0n) is 11.1. The van der Waals surface area contributed by atoms with Gasteiger partial charge in [0.2, 0.25) is 0 Å². The summed E-state index contributed by atoms with van der Waals surface area (Å²) in [6.45, 7) is 6.87. The Bertz CT molecular complexity index is 395. The van der Waals surface area contributed by atoms with E-state index in [2.05, 4.69) is 30.9 Å². The van der Waals surface area contributed by atoms with Crippen LogP contribution in [0.3, 0.4) is 0 Å². The normalized spacial score (nSPS) is 17.5. The largest absolute Gasteiger partial charge is 0.370 e. The number of benzene rings is 1. The van der Waals surface area contributed by atoms with Crippen molar-refractivity contribution >= 4 is 28.9 Å². The summed E-state index contributed by atoms with van der Waals surface area (Å²) in [4.78, 5) is 2.40. The van der Waals surface area contributed by atoms with E-state index < -0.39 is 0 Å². The van der Waals surface area contributed by atoms with E-state index in [0.29, 0.717) is 5.88 Å². The van der Waals surface area contributed by atoms with Gasteiger partial charge in [-0.25, -0.2) is 0 Å². The highest BCUT2D eigenvalue weighted by atomic mass is 35.5. The summed E-state index contributed by atoms with van der Waals surface area (Å²) in [6.07, 6.45) is 2.54. The molecule has 18 heavy (non-hydrogen) atoms. The predicted octanol–water partition coefficient (Wildman–Crippen LogP) is 4.95. The molecular weight excluding hydrogens is 265 g/mol. The molecule has 100 valence electrons. The first-order chi connectivity index (χ1) is 8.61. The molecular formula is C15H21Cl2N. The van der Waals surface area contributed by atoms with E-state index in [1.165, 1.54) is 12.8 Å². The van der Waals surface area contributed by atoms with Gasteiger partial charge in [0.05, 0.1) is 10.7 Å². The molecule has 1 nitrogen and oxygen atoms in total. The summed E-state index contributed by atoms with van der Waals surface area (Å²) >= 11 is 12.2. The highest BCUT2D eigenvalue weighted by Gasteiger charge is 2.22. The van der Waals surface area contributed by atoms with Gasteiger partial charge in [-0.05, 0) is 42.4 Å². The molecule has 1 fully saturated rings. The number of halogens is 2. The Kier molecular flexibility index (Phi) is 4.80. The van der Waals surface area contributed by atoms with Crippen LogP contribution < -0.4 is 4.90 Å². The van der Waals surface area contributed by atoms with Gasteiger partial charge < -0.3 is 4.90 Å². The van der Waals surface area contributed by atoms with Crippen molar-refractivity contribution in [2.75, 3.05) is 18.0 Å². The molecule has 1 aromatic carbocycles. The SMILES string of the molecule is CC(C)C1CCN(c2ccc(CCl)cc2Cl)CC1. The molecule has 0 unspecified atom stereocenters. The Morgan fingerprint density at radius 2 is 1.94 bits per heavy atom. The zero-order valence-corrected chi connectivity index (χ0v) is 12.6. The molecule has 0 radical (unpaired) electrons. The fourth-order valence-electron chi connectivity index (χ4n) is 2.70. The highest BCUT2D eigenvalue weighted by Crippen LogP contribution is 2.32. The van der Waals surface area contributed by atoms with Crippen LogP contribution in [0.1, 0.15) is 32.3 Å². The number of nitrogens with zero attached hydrogens (tertiary/aromatic N) is 1. The van der Waals surface area contributed by atoms with Crippen LogP contribution in [0.25, 0.3) is 0 Å². The van der Waals surface area contributed by atoms with Crippen molar-refractivity contribution in [3.63, 3.8) is 0 Å². The number of alkyl halides is 1. The van der Waals surface area contributed by atoms with Crippen LogP contribution in [0.4, 0.5) is 5.69 Å². The molecule has 1 aliphatic rings. The van der Waals surface area contributed by atoms with E-state index in [4.69, 9.17) is 23.2 Å². The molecule has 0 atom stereocenters. The maximum atomic E-state index is 6.34. The predicted molar refractivity (Wildman–Crippen MR) is 80.8 cm³/mol. The molecule has 1 heterocycles. The number of anilines is 1.